The van der Waals surface area contributed by atoms with Crippen molar-refractivity contribution in [2.75, 3.05) is 23.4 Å². The van der Waals surface area contributed by atoms with E-state index in [-0.39, 0.29) is 17.3 Å². The summed E-state index contributed by atoms with van der Waals surface area (Å²) in [6, 6.07) is 13.2. The third-order valence-electron chi connectivity index (χ3n) is 2.69. The Labute approximate surface area is 137 Å². The Morgan fingerprint density at radius 3 is 2.64 bits per heavy atom. The van der Waals surface area contributed by atoms with Gasteiger partial charge in [0.2, 0.25) is 5.91 Å². The lowest BCUT2D eigenvalue weighted by Gasteiger charge is -2.07. The molecule has 0 saturated heterocycles. The average molecular weight is 340 g/mol. The van der Waals surface area contributed by atoms with Crippen LogP contribution in [0.3, 0.4) is 0 Å². The number of nitrogens with one attached hydrogen (secondary N) is 1. The molecule has 22 heavy (non-hydrogen) atoms. The molecule has 0 fully saturated rings. The van der Waals surface area contributed by atoms with Crippen LogP contribution in [0.5, 0.6) is 5.75 Å². The van der Waals surface area contributed by atoms with Crippen molar-refractivity contribution in [3.05, 3.63) is 59.4 Å². The second-order valence-corrected chi connectivity index (χ2v) is 5.92. The molecular weight excluding hydrogens is 325 g/mol. The summed E-state index contributed by atoms with van der Waals surface area (Å²) < 4.78 is 18.9. The van der Waals surface area contributed by atoms with E-state index in [0.29, 0.717) is 17.4 Å². The normalized spacial score (nSPS) is 10.3. The molecule has 2 aromatic carbocycles. The van der Waals surface area contributed by atoms with E-state index in [9.17, 15) is 9.18 Å². The molecule has 0 heterocycles. The summed E-state index contributed by atoms with van der Waals surface area (Å²) in [7, 11) is 0. The van der Waals surface area contributed by atoms with Crippen molar-refractivity contribution in [1.29, 1.82) is 0 Å². The van der Waals surface area contributed by atoms with Crippen molar-refractivity contribution in [3.8, 4) is 5.75 Å². The molecule has 0 aliphatic rings. The predicted octanol–water partition coefficient (Wildman–Crippen LogP) is 4.23. The van der Waals surface area contributed by atoms with E-state index in [1.807, 2.05) is 0 Å². The third-order valence-corrected chi connectivity index (χ3v) is 3.86. The lowest BCUT2D eigenvalue weighted by molar-refractivity contribution is -0.113. The van der Waals surface area contributed by atoms with E-state index in [1.54, 1.807) is 36.4 Å². The Balaban J connectivity index is 1.63. The first-order valence-electron chi connectivity index (χ1n) is 6.65. The van der Waals surface area contributed by atoms with Crippen LogP contribution in [-0.2, 0) is 4.79 Å². The Morgan fingerprint density at radius 2 is 1.91 bits per heavy atom. The van der Waals surface area contributed by atoms with Crippen molar-refractivity contribution in [2.24, 2.45) is 0 Å². The summed E-state index contributed by atoms with van der Waals surface area (Å²) in [5.41, 5.74) is 0.200. The van der Waals surface area contributed by atoms with Crippen molar-refractivity contribution >= 4 is 35.0 Å². The van der Waals surface area contributed by atoms with Gasteiger partial charge in [-0.1, -0.05) is 23.7 Å². The number of hydrogen-bond acceptors (Lipinski definition) is 3. The summed E-state index contributed by atoms with van der Waals surface area (Å²) in [6.45, 7) is 0.485. The number of thioether (sulfide) groups is 1. The number of carbonyl (C=O) groups is 1. The summed E-state index contributed by atoms with van der Waals surface area (Å²) in [6.07, 6.45) is 0. The van der Waals surface area contributed by atoms with E-state index in [2.05, 4.69) is 5.32 Å². The molecule has 0 aliphatic heterocycles. The molecule has 1 N–H and O–H groups in total. The Hall–Kier alpha value is -1.72. The van der Waals surface area contributed by atoms with Crippen molar-refractivity contribution < 1.29 is 13.9 Å². The lowest BCUT2D eigenvalue weighted by atomic mass is 10.3. The van der Waals surface area contributed by atoms with Gasteiger partial charge in [0.15, 0.2) is 0 Å². The number of ether oxygens (including phenoxy) is 1. The fourth-order valence-corrected chi connectivity index (χ4v) is 2.39. The first-order valence-corrected chi connectivity index (χ1v) is 8.19. The maximum absolute atomic E-state index is 13.4. The number of benzene rings is 2. The van der Waals surface area contributed by atoms with Crippen LogP contribution in [0.1, 0.15) is 0 Å². The largest absolute Gasteiger partial charge is 0.493 e. The van der Waals surface area contributed by atoms with E-state index < -0.39 is 5.82 Å². The van der Waals surface area contributed by atoms with Gasteiger partial charge >= 0.3 is 0 Å². The molecule has 0 saturated carbocycles. The van der Waals surface area contributed by atoms with Gasteiger partial charge in [-0.3, -0.25) is 4.79 Å². The number of anilines is 1. The van der Waals surface area contributed by atoms with Crippen LogP contribution in [0.25, 0.3) is 0 Å². The van der Waals surface area contributed by atoms with E-state index in [1.165, 1.54) is 23.9 Å². The van der Waals surface area contributed by atoms with Gasteiger partial charge in [0.25, 0.3) is 0 Å². The number of para-hydroxylation sites is 1. The third kappa shape index (κ3) is 5.58. The molecule has 6 heteroatoms. The minimum Gasteiger partial charge on any atom is -0.493 e. The Bertz CT molecular complexity index is 622. The van der Waals surface area contributed by atoms with Crippen LogP contribution in [0.2, 0.25) is 5.02 Å². The van der Waals surface area contributed by atoms with Gasteiger partial charge in [-0.05, 0) is 36.4 Å². The molecule has 0 bridgehead atoms. The van der Waals surface area contributed by atoms with Gasteiger partial charge < -0.3 is 10.1 Å². The average Bonchev–Trinajstić information content (AvgIpc) is 2.51. The molecule has 0 radical (unpaired) electrons. The fourth-order valence-electron chi connectivity index (χ4n) is 1.66. The predicted molar refractivity (Wildman–Crippen MR) is 89.3 cm³/mol. The number of amides is 1. The van der Waals surface area contributed by atoms with Gasteiger partial charge in [-0.2, -0.15) is 0 Å². The molecule has 0 aliphatic carbocycles. The summed E-state index contributed by atoms with van der Waals surface area (Å²) in [5, 5.41) is 3.19. The summed E-state index contributed by atoms with van der Waals surface area (Å²) in [4.78, 5) is 11.7. The van der Waals surface area contributed by atoms with Gasteiger partial charge in [-0.15, -0.1) is 11.8 Å². The van der Waals surface area contributed by atoms with Crippen molar-refractivity contribution in [2.45, 2.75) is 0 Å². The Morgan fingerprint density at radius 1 is 1.18 bits per heavy atom. The number of halogens is 2. The SMILES string of the molecule is O=C(CSCCOc1ccc(Cl)cc1)Nc1ccccc1F. The summed E-state index contributed by atoms with van der Waals surface area (Å²) >= 11 is 7.20. The topological polar surface area (TPSA) is 38.3 Å². The fraction of sp³-hybridized carbons (Fsp3) is 0.188. The van der Waals surface area contributed by atoms with Crippen molar-refractivity contribution in [3.63, 3.8) is 0 Å². The van der Waals surface area contributed by atoms with Gasteiger partial charge in [0.05, 0.1) is 18.0 Å². The smallest absolute Gasteiger partial charge is 0.234 e. The zero-order valence-corrected chi connectivity index (χ0v) is 13.3. The minimum atomic E-state index is -0.438. The van der Waals surface area contributed by atoms with Gasteiger partial charge in [0.1, 0.15) is 11.6 Å². The molecule has 1 amide bonds. The molecular formula is C16H15ClFNO2S. The standard InChI is InChI=1S/C16H15ClFNO2S/c17-12-5-7-13(8-6-12)21-9-10-22-11-16(20)19-15-4-2-1-3-14(15)18/h1-8H,9-11H2,(H,19,20). The van der Waals surface area contributed by atoms with Crippen LogP contribution >= 0.6 is 23.4 Å². The molecule has 3 nitrogen and oxygen atoms in total. The molecule has 0 aromatic heterocycles. The Kier molecular flexibility index (Phi) is 6.55. The van der Waals surface area contributed by atoms with Crippen LogP contribution in [0.4, 0.5) is 10.1 Å². The van der Waals surface area contributed by atoms with Crippen LogP contribution < -0.4 is 10.1 Å². The second-order valence-electron chi connectivity index (χ2n) is 4.38. The molecule has 0 unspecified atom stereocenters. The molecule has 0 atom stereocenters. The van der Waals surface area contributed by atoms with Gasteiger partial charge in [-0.25, -0.2) is 4.39 Å². The molecule has 116 valence electrons. The number of rotatable bonds is 7. The highest BCUT2D eigenvalue weighted by atomic mass is 35.5. The minimum absolute atomic E-state index is 0.200. The van der Waals surface area contributed by atoms with E-state index in [4.69, 9.17) is 16.3 Å². The zero-order chi connectivity index (χ0) is 15.8. The number of carbonyl (C=O) groups excluding carboxylic acids is 1. The van der Waals surface area contributed by atoms with Crippen LogP contribution in [0.15, 0.2) is 48.5 Å². The highest BCUT2D eigenvalue weighted by Crippen LogP contribution is 2.16. The lowest BCUT2D eigenvalue weighted by Crippen LogP contribution is -2.16. The zero-order valence-electron chi connectivity index (χ0n) is 11.7. The maximum Gasteiger partial charge on any atom is 0.234 e. The highest BCUT2D eigenvalue weighted by molar-refractivity contribution is 7.99. The van der Waals surface area contributed by atoms with E-state index in [0.717, 1.165) is 5.75 Å². The van der Waals surface area contributed by atoms with Crippen LogP contribution in [0, 0.1) is 5.82 Å². The first-order chi connectivity index (χ1) is 10.6. The molecule has 2 rings (SSSR count). The quantitative estimate of drug-likeness (QED) is 0.767. The number of hydrogen-bond donors (Lipinski definition) is 1. The second kappa shape index (κ2) is 8.66. The maximum atomic E-state index is 13.4. The van der Waals surface area contributed by atoms with Crippen molar-refractivity contribution in [1.82, 2.24) is 0 Å². The highest BCUT2D eigenvalue weighted by Gasteiger charge is 2.06. The summed E-state index contributed by atoms with van der Waals surface area (Å²) in [5.74, 6) is 0.973. The van der Waals surface area contributed by atoms with Crippen LogP contribution in [-0.4, -0.2) is 24.0 Å². The molecule has 2 aromatic rings. The van der Waals surface area contributed by atoms with E-state index >= 15 is 0 Å². The molecule has 0 spiro atoms. The van der Waals surface area contributed by atoms with Gasteiger partial charge in [0, 0.05) is 10.8 Å². The monoisotopic (exact) mass is 339 g/mol. The first kappa shape index (κ1) is 16.6.